The van der Waals surface area contributed by atoms with E-state index >= 15 is 0 Å². The van der Waals surface area contributed by atoms with Crippen LogP contribution in [0.25, 0.3) is 0 Å². The first kappa shape index (κ1) is 16.3. The van der Waals surface area contributed by atoms with Gasteiger partial charge in [-0.2, -0.15) is 0 Å². The van der Waals surface area contributed by atoms with Gasteiger partial charge in [0.2, 0.25) is 0 Å². The summed E-state index contributed by atoms with van der Waals surface area (Å²) in [5.41, 5.74) is 17.4. The molecule has 8 heteroatoms. The fourth-order valence-corrected chi connectivity index (χ4v) is 2.61. The van der Waals surface area contributed by atoms with E-state index in [2.05, 4.69) is 10.3 Å². The van der Waals surface area contributed by atoms with Crippen LogP contribution in [0.4, 0.5) is 5.69 Å². The highest BCUT2D eigenvalue weighted by atomic mass is 16.2. The Bertz CT molecular complexity index is 932. The van der Waals surface area contributed by atoms with E-state index < -0.39 is 12.1 Å². The van der Waals surface area contributed by atoms with Gasteiger partial charge in [0.1, 0.15) is 0 Å². The van der Waals surface area contributed by atoms with E-state index in [4.69, 9.17) is 17.2 Å². The third-order valence-corrected chi connectivity index (χ3v) is 3.75. The van der Waals surface area contributed by atoms with Gasteiger partial charge in [-0.3, -0.25) is 14.4 Å². The molecule has 1 aliphatic carbocycles. The minimum atomic E-state index is -1.28. The van der Waals surface area contributed by atoms with Gasteiger partial charge in [0.15, 0.2) is 23.7 Å². The van der Waals surface area contributed by atoms with E-state index in [1.165, 1.54) is 18.2 Å². The van der Waals surface area contributed by atoms with Crippen molar-refractivity contribution < 1.29 is 14.4 Å². The van der Waals surface area contributed by atoms with E-state index in [0.29, 0.717) is 16.8 Å². The monoisotopic (exact) mass is 337 g/mol. The molecule has 0 bridgehead atoms. The second-order valence-corrected chi connectivity index (χ2v) is 5.45. The van der Waals surface area contributed by atoms with E-state index in [9.17, 15) is 14.4 Å². The van der Waals surface area contributed by atoms with Crippen LogP contribution in [0.1, 0.15) is 31.8 Å². The first-order valence-corrected chi connectivity index (χ1v) is 7.36. The fourth-order valence-electron chi connectivity index (χ4n) is 2.61. The van der Waals surface area contributed by atoms with Gasteiger partial charge in [-0.15, -0.1) is 0 Å². The molecular weight excluding hydrogens is 322 g/mol. The molecule has 25 heavy (non-hydrogen) atoms. The molecule has 0 fully saturated rings. The van der Waals surface area contributed by atoms with Gasteiger partial charge in [0, 0.05) is 27.9 Å². The second-order valence-electron chi connectivity index (χ2n) is 5.45. The highest BCUT2D eigenvalue weighted by molar-refractivity contribution is 6.28. The van der Waals surface area contributed by atoms with Crippen LogP contribution in [0.15, 0.2) is 47.5 Å². The Labute approximate surface area is 142 Å². The minimum Gasteiger partial charge on any atom is -0.370 e. The third-order valence-electron chi connectivity index (χ3n) is 3.75. The standard InChI is InChI=1S/C17H15N5O3/c18-15(22-17(19)20)16(25)21-8-5-6-11-12(7-8)14(24)10-4-2-1-3-9(10)13(11)23/h1-7,15H,18H2,(H,21,25)(H4,19,20,22). The van der Waals surface area contributed by atoms with Crippen molar-refractivity contribution in [3.8, 4) is 0 Å². The van der Waals surface area contributed by atoms with Crippen molar-refractivity contribution in [3.05, 3.63) is 64.7 Å². The molecule has 0 saturated carbocycles. The van der Waals surface area contributed by atoms with Crippen molar-refractivity contribution in [1.29, 1.82) is 0 Å². The van der Waals surface area contributed by atoms with Crippen LogP contribution in [0, 0.1) is 0 Å². The summed E-state index contributed by atoms with van der Waals surface area (Å²) < 4.78 is 0. The van der Waals surface area contributed by atoms with Crippen molar-refractivity contribution in [1.82, 2.24) is 0 Å². The molecule has 0 heterocycles. The predicted octanol–water partition coefficient (Wildman–Crippen LogP) is -0.0413. The normalized spacial score (nSPS) is 13.5. The molecule has 1 aliphatic rings. The Hall–Kier alpha value is -3.52. The van der Waals surface area contributed by atoms with E-state index in [1.54, 1.807) is 24.3 Å². The molecule has 0 radical (unpaired) electrons. The quantitative estimate of drug-likeness (QED) is 0.388. The number of anilines is 1. The molecule has 0 saturated heterocycles. The SMILES string of the molecule is NC(N)=NC(N)C(=O)Nc1ccc2c(c1)C(=O)c1ccccc1C2=O. The number of hydrogen-bond donors (Lipinski definition) is 4. The van der Waals surface area contributed by atoms with Crippen molar-refractivity contribution in [2.24, 2.45) is 22.2 Å². The summed E-state index contributed by atoms with van der Waals surface area (Å²) in [6, 6.07) is 11.0. The number of rotatable bonds is 3. The Balaban J connectivity index is 1.93. The maximum absolute atomic E-state index is 12.6. The summed E-state index contributed by atoms with van der Waals surface area (Å²) in [6.07, 6.45) is -1.28. The van der Waals surface area contributed by atoms with Crippen LogP contribution < -0.4 is 22.5 Å². The molecular formula is C17H15N5O3. The van der Waals surface area contributed by atoms with Gasteiger partial charge < -0.3 is 22.5 Å². The van der Waals surface area contributed by atoms with E-state index in [0.717, 1.165) is 0 Å². The molecule has 1 atom stereocenters. The van der Waals surface area contributed by atoms with Crippen molar-refractivity contribution in [3.63, 3.8) is 0 Å². The number of hydrogen-bond acceptors (Lipinski definition) is 5. The molecule has 126 valence electrons. The van der Waals surface area contributed by atoms with E-state index in [-0.39, 0.29) is 28.7 Å². The number of nitrogens with two attached hydrogens (primary N) is 3. The lowest BCUT2D eigenvalue weighted by molar-refractivity contribution is -0.117. The fraction of sp³-hybridized carbons (Fsp3) is 0.0588. The third kappa shape index (κ3) is 2.98. The smallest absolute Gasteiger partial charge is 0.263 e. The van der Waals surface area contributed by atoms with Crippen LogP contribution in [-0.4, -0.2) is 29.6 Å². The van der Waals surface area contributed by atoms with E-state index in [1.807, 2.05) is 0 Å². The number of nitrogens with one attached hydrogen (secondary N) is 1. The molecule has 3 rings (SSSR count). The van der Waals surface area contributed by atoms with Crippen LogP contribution >= 0.6 is 0 Å². The van der Waals surface area contributed by atoms with Crippen LogP contribution in [0.3, 0.4) is 0 Å². The molecule has 0 aromatic heterocycles. The number of nitrogens with zero attached hydrogens (tertiary/aromatic N) is 1. The molecule has 2 aromatic rings. The first-order valence-electron chi connectivity index (χ1n) is 7.36. The number of ketones is 2. The van der Waals surface area contributed by atoms with Crippen LogP contribution in [0.5, 0.6) is 0 Å². The number of aliphatic imine (C=N–C) groups is 1. The molecule has 2 aromatic carbocycles. The average molecular weight is 337 g/mol. The van der Waals surface area contributed by atoms with Crippen molar-refractivity contribution in [2.45, 2.75) is 6.17 Å². The Morgan fingerprint density at radius 2 is 1.48 bits per heavy atom. The van der Waals surface area contributed by atoms with Gasteiger partial charge in [0.05, 0.1) is 0 Å². The van der Waals surface area contributed by atoms with Gasteiger partial charge in [-0.05, 0) is 18.2 Å². The maximum Gasteiger partial charge on any atom is 0.263 e. The molecule has 7 N–H and O–H groups in total. The molecule has 0 aliphatic heterocycles. The Morgan fingerprint density at radius 1 is 0.920 bits per heavy atom. The maximum atomic E-state index is 12.6. The van der Waals surface area contributed by atoms with Gasteiger partial charge >= 0.3 is 0 Å². The van der Waals surface area contributed by atoms with Crippen LogP contribution in [-0.2, 0) is 4.79 Å². The summed E-state index contributed by atoms with van der Waals surface area (Å²) in [5, 5.41) is 2.51. The molecule has 8 nitrogen and oxygen atoms in total. The summed E-state index contributed by atoms with van der Waals surface area (Å²) in [7, 11) is 0. The lowest BCUT2D eigenvalue weighted by Crippen LogP contribution is -2.37. The first-order chi connectivity index (χ1) is 11.9. The largest absolute Gasteiger partial charge is 0.370 e. The summed E-state index contributed by atoms with van der Waals surface area (Å²) >= 11 is 0. The van der Waals surface area contributed by atoms with Gasteiger partial charge in [-0.1, -0.05) is 24.3 Å². The molecule has 1 unspecified atom stereocenters. The highest BCUT2D eigenvalue weighted by Crippen LogP contribution is 2.29. The molecule has 0 spiro atoms. The summed E-state index contributed by atoms with van der Waals surface area (Å²) in [5.74, 6) is -1.48. The lowest BCUT2D eigenvalue weighted by Gasteiger charge is -2.18. The van der Waals surface area contributed by atoms with Crippen molar-refractivity contribution in [2.75, 3.05) is 5.32 Å². The minimum absolute atomic E-state index is 0.219. The number of fused-ring (bicyclic) bond motifs is 2. The Kier molecular flexibility index (Phi) is 4.04. The number of guanidine groups is 1. The van der Waals surface area contributed by atoms with Gasteiger partial charge in [-0.25, -0.2) is 4.99 Å². The number of carbonyl (C=O) groups excluding carboxylic acids is 3. The zero-order valence-electron chi connectivity index (χ0n) is 13.0. The predicted molar refractivity (Wildman–Crippen MR) is 92.2 cm³/mol. The summed E-state index contributed by atoms with van der Waals surface area (Å²) in [6.45, 7) is 0. The lowest BCUT2D eigenvalue weighted by atomic mass is 9.84. The highest BCUT2D eigenvalue weighted by Gasteiger charge is 2.29. The summed E-state index contributed by atoms with van der Waals surface area (Å²) in [4.78, 5) is 40.6. The van der Waals surface area contributed by atoms with Gasteiger partial charge in [0.25, 0.3) is 5.91 Å². The molecule has 1 amide bonds. The average Bonchev–Trinajstić information content (AvgIpc) is 2.59. The zero-order valence-corrected chi connectivity index (χ0v) is 13.0. The number of carbonyl (C=O) groups is 3. The zero-order chi connectivity index (χ0) is 18.1. The van der Waals surface area contributed by atoms with Crippen LogP contribution in [0.2, 0.25) is 0 Å². The second kappa shape index (κ2) is 6.17. The number of amides is 1. The number of benzene rings is 2. The Morgan fingerprint density at radius 3 is 2.08 bits per heavy atom. The van der Waals surface area contributed by atoms with Crippen molar-refractivity contribution >= 4 is 29.1 Å². The topological polar surface area (TPSA) is 154 Å².